The Morgan fingerprint density at radius 2 is 1.92 bits per heavy atom. The zero-order valence-electron chi connectivity index (χ0n) is 19.6. The summed E-state index contributed by atoms with van der Waals surface area (Å²) in [6, 6.07) is 19.1. The largest absolute Gasteiger partial charge is 0.489 e. The van der Waals surface area contributed by atoms with Crippen molar-refractivity contribution >= 4 is 29.0 Å². The van der Waals surface area contributed by atoms with Gasteiger partial charge in [-0.1, -0.05) is 35.9 Å². The Hall–Kier alpha value is -4.24. The van der Waals surface area contributed by atoms with Crippen LogP contribution in [-0.4, -0.2) is 35.5 Å². The number of carbonyl (C=O) groups is 1. The molecule has 1 atom stereocenters. The SMILES string of the molecule is Cc1nn(-c2ccc3nnc(C)n3n2)c2c1C(c1cccc(OCc3cccc(Cl)c3)c1)CC(=O)N2. The van der Waals surface area contributed by atoms with Gasteiger partial charge in [0.2, 0.25) is 5.91 Å². The molecule has 0 saturated heterocycles. The maximum absolute atomic E-state index is 12.8. The summed E-state index contributed by atoms with van der Waals surface area (Å²) in [4.78, 5) is 12.8. The minimum Gasteiger partial charge on any atom is -0.489 e. The predicted octanol–water partition coefficient (Wildman–Crippen LogP) is 4.63. The number of benzene rings is 2. The minimum atomic E-state index is -0.169. The van der Waals surface area contributed by atoms with Crippen molar-refractivity contribution in [3.63, 3.8) is 0 Å². The number of ether oxygens (including phenoxy) is 1. The van der Waals surface area contributed by atoms with E-state index in [1.807, 2.05) is 74.5 Å². The molecule has 4 heterocycles. The lowest BCUT2D eigenvalue weighted by Crippen LogP contribution is -2.25. The van der Waals surface area contributed by atoms with Gasteiger partial charge in [0.15, 0.2) is 17.3 Å². The molecule has 0 spiro atoms. The van der Waals surface area contributed by atoms with Crippen molar-refractivity contribution in [2.45, 2.75) is 32.8 Å². The van der Waals surface area contributed by atoms with Crippen LogP contribution in [0.5, 0.6) is 5.75 Å². The number of fused-ring (bicyclic) bond motifs is 2. The average Bonchev–Trinajstić information content (AvgIpc) is 3.41. The molecule has 1 N–H and O–H groups in total. The highest BCUT2D eigenvalue weighted by molar-refractivity contribution is 6.30. The summed E-state index contributed by atoms with van der Waals surface area (Å²) in [5, 5.41) is 21.2. The maximum atomic E-state index is 12.8. The van der Waals surface area contributed by atoms with Crippen molar-refractivity contribution in [2.75, 3.05) is 5.32 Å². The second-order valence-corrected chi connectivity index (χ2v) is 9.20. The lowest BCUT2D eigenvalue weighted by atomic mass is 9.86. The van der Waals surface area contributed by atoms with Gasteiger partial charge in [-0.3, -0.25) is 4.79 Å². The van der Waals surface area contributed by atoms with E-state index in [1.54, 1.807) is 9.20 Å². The molecule has 0 radical (unpaired) electrons. The highest BCUT2D eigenvalue weighted by atomic mass is 35.5. The van der Waals surface area contributed by atoms with Gasteiger partial charge in [0.25, 0.3) is 0 Å². The normalized spacial score (nSPS) is 15.1. The van der Waals surface area contributed by atoms with Gasteiger partial charge in [-0.25, -0.2) is 0 Å². The van der Waals surface area contributed by atoms with Gasteiger partial charge in [0.1, 0.15) is 18.2 Å². The standard InChI is InChI=1S/C26H22ClN7O2/c1-15-25-21(18-6-4-8-20(12-18)36-14-17-5-3-7-19(27)11-17)13-24(35)28-26(25)34(31-15)23-10-9-22-30-29-16(2)33(22)32-23/h3-12,21H,13-14H2,1-2H3,(H,28,35). The molecule has 9 nitrogen and oxygen atoms in total. The molecular formula is C26H22ClN7O2. The van der Waals surface area contributed by atoms with Crippen molar-refractivity contribution in [1.29, 1.82) is 0 Å². The monoisotopic (exact) mass is 499 g/mol. The van der Waals surface area contributed by atoms with Crippen LogP contribution >= 0.6 is 11.6 Å². The van der Waals surface area contributed by atoms with E-state index in [0.29, 0.717) is 41.2 Å². The first kappa shape index (κ1) is 22.2. The molecule has 0 fully saturated rings. The van der Waals surface area contributed by atoms with Gasteiger partial charge in [0.05, 0.1) is 5.69 Å². The fourth-order valence-corrected chi connectivity index (χ4v) is 4.82. The Labute approximate surface area is 211 Å². The second kappa shape index (κ2) is 8.76. The second-order valence-electron chi connectivity index (χ2n) is 8.76. The lowest BCUT2D eigenvalue weighted by molar-refractivity contribution is -0.116. The molecule has 6 rings (SSSR count). The summed E-state index contributed by atoms with van der Waals surface area (Å²) in [5.41, 5.74) is 4.39. The first-order valence-corrected chi connectivity index (χ1v) is 11.9. The van der Waals surface area contributed by atoms with Gasteiger partial charge in [0, 0.05) is 22.9 Å². The zero-order chi connectivity index (χ0) is 24.8. The van der Waals surface area contributed by atoms with E-state index in [2.05, 4.69) is 20.6 Å². The van der Waals surface area contributed by atoms with Crippen LogP contribution in [0.15, 0.2) is 60.7 Å². The van der Waals surface area contributed by atoms with Crippen LogP contribution in [-0.2, 0) is 11.4 Å². The fourth-order valence-electron chi connectivity index (χ4n) is 4.61. The topological polar surface area (TPSA) is 99.2 Å². The Bertz CT molecular complexity index is 1620. The van der Waals surface area contributed by atoms with E-state index in [-0.39, 0.29) is 11.8 Å². The molecule has 1 aliphatic heterocycles. The zero-order valence-corrected chi connectivity index (χ0v) is 20.4. The smallest absolute Gasteiger partial charge is 0.226 e. The number of aromatic nitrogens is 6. The molecule has 180 valence electrons. The number of aryl methyl sites for hydroxylation is 2. The van der Waals surface area contributed by atoms with E-state index < -0.39 is 0 Å². The average molecular weight is 500 g/mol. The summed E-state index contributed by atoms with van der Waals surface area (Å²) in [6.45, 7) is 4.18. The van der Waals surface area contributed by atoms with Crippen LogP contribution < -0.4 is 10.1 Å². The summed E-state index contributed by atoms with van der Waals surface area (Å²) < 4.78 is 9.37. The highest BCUT2D eigenvalue weighted by Crippen LogP contribution is 2.40. The summed E-state index contributed by atoms with van der Waals surface area (Å²) in [7, 11) is 0. The van der Waals surface area contributed by atoms with Crippen LogP contribution in [0.25, 0.3) is 11.5 Å². The molecule has 0 bridgehead atoms. The predicted molar refractivity (Wildman–Crippen MR) is 135 cm³/mol. The van der Waals surface area contributed by atoms with Gasteiger partial charge in [-0.15, -0.1) is 15.3 Å². The highest BCUT2D eigenvalue weighted by Gasteiger charge is 2.33. The summed E-state index contributed by atoms with van der Waals surface area (Å²) in [6.07, 6.45) is 0.314. The number of anilines is 1. The Balaban J connectivity index is 1.35. The molecule has 2 aromatic carbocycles. The van der Waals surface area contributed by atoms with E-state index in [1.165, 1.54) is 0 Å². The van der Waals surface area contributed by atoms with Crippen molar-refractivity contribution in [3.05, 3.63) is 93.9 Å². The number of hydrogen-bond acceptors (Lipinski definition) is 6. The maximum Gasteiger partial charge on any atom is 0.226 e. The number of halogens is 1. The minimum absolute atomic E-state index is 0.0829. The molecule has 0 aliphatic carbocycles. The number of amides is 1. The van der Waals surface area contributed by atoms with Gasteiger partial charge < -0.3 is 10.1 Å². The molecule has 10 heteroatoms. The van der Waals surface area contributed by atoms with E-state index in [4.69, 9.17) is 21.4 Å². The molecule has 1 amide bonds. The van der Waals surface area contributed by atoms with Gasteiger partial charge in [-0.05, 0) is 61.4 Å². The molecule has 1 aliphatic rings. The van der Waals surface area contributed by atoms with Crippen molar-refractivity contribution < 1.29 is 9.53 Å². The Morgan fingerprint density at radius 3 is 2.78 bits per heavy atom. The van der Waals surface area contributed by atoms with Crippen LogP contribution in [0.2, 0.25) is 5.02 Å². The van der Waals surface area contributed by atoms with Gasteiger partial charge in [-0.2, -0.15) is 14.3 Å². The van der Waals surface area contributed by atoms with Crippen LogP contribution in [0.4, 0.5) is 5.82 Å². The van der Waals surface area contributed by atoms with E-state index in [0.717, 1.165) is 28.1 Å². The van der Waals surface area contributed by atoms with E-state index in [9.17, 15) is 4.79 Å². The molecular weight excluding hydrogens is 478 g/mol. The Kier molecular flexibility index (Phi) is 5.41. The third-order valence-corrected chi connectivity index (χ3v) is 6.51. The van der Waals surface area contributed by atoms with Crippen molar-refractivity contribution in [1.82, 2.24) is 29.6 Å². The molecule has 3 aromatic heterocycles. The summed E-state index contributed by atoms with van der Waals surface area (Å²) in [5.74, 6) is 2.32. The molecule has 36 heavy (non-hydrogen) atoms. The first-order chi connectivity index (χ1) is 17.5. The van der Waals surface area contributed by atoms with Crippen molar-refractivity contribution in [3.8, 4) is 11.6 Å². The quantitative estimate of drug-likeness (QED) is 0.378. The number of rotatable bonds is 5. The number of hydrogen-bond donors (Lipinski definition) is 1. The number of carbonyl (C=O) groups excluding carboxylic acids is 1. The number of nitrogens with zero attached hydrogens (tertiary/aromatic N) is 6. The van der Waals surface area contributed by atoms with E-state index >= 15 is 0 Å². The van der Waals surface area contributed by atoms with Crippen molar-refractivity contribution in [2.24, 2.45) is 0 Å². The number of nitrogens with one attached hydrogen (secondary N) is 1. The van der Waals surface area contributed by atoms with Crippen LogP contribution in [0.1, 0.15) is 40.5 Å². The van der Waals surface area contributed by atoms with Crippen LogP contribution in [0, 0.1) is 13.8 Å². The molecule has 0 saturated carbocycles. The van der Waals surface area contributed by atoms with Gasteiger partial charge >= 0.3 is 0 Å². The van der Waals surface area contributed by atoms with Crippen LogP contribution in [0.3, 0.4) is 0 Å². The fraction of sp³-hybridized carbons (Fsp3) is 0.192. The molecule has 1 unspecified atom stereocenters. The third kappa shape index (κ3) is 3.97. The molecule has 5 aromatic rings. The third-order valence-electron chi connectivity index (χ3n) is 6.28. The first-order valence-electron chi connectivity index (χ1n) is 11.5. The lowest BCUT2D eigenvalue weighted by Gasteiger charge is -2.24. The Morgan fingerprint density at radius 1 is 1.06 bits per heavy atom. The summed E-state index contributed by atoms with van der Waals surface area (Å²) >= 11 is 6.09.